The Bertz CT molecular complexity index is 322. The van der Waals surface area contributed by atoms with Gasteiger partial charge in [-0.2, -0.15) is 0 Å². The van der Waals surface area contributed by atoms with Crippen LogP contribution in [0.3, 0.4) is 0 Å². The molecular formula is C14H24N2O2. The number of imide groups is 1. The van der Waals surface area contributed by atoms with Crippen LogP contribution in [0.1, 0.15) is 51.9 Å². The average Bonchev–Trinajstić information content (AvgIpc) is 2.59. The van der Waals surface area contributed by atoms with Gasteiger partial charge < -0.3 is 5.32 Å². The molecule has 0 unspecified atom stereocenters. The van der Waals surface area contributed by atoms with E-state index in [2.05, 4.69) is 12.2 Å². The molecule has 1 N–H and O–H groups in total. The number of amides is 2. The second kappa shape index (κ2) is 5.83. The van der Waals surface area contributed by atoms with E-state index < -0.39 is 0 Å². The number of rotatable bonds is 5. The Kier molecular flexibility index (Phi) is 4.38. The highest BCUT2D eigenvalue weighted by molar-refractivity contribution is 6.05. The molecule has 4 heteroatoms. The molecule has 4 nitrogen and oxygen atoms in total. The second-order valence-corrected chi connectivity index (χ2v) is 5.58. The lowest BCUT2D eigenvalue weighted by molar-refractivity contribution is -0.142. The summed E-state index contributed by atoms with van der Waals surface area (Å²) in [4.78, 5) is 26.0. The van der Waals surface area contributed by atoms with Crippen LogP contribution in [0.15, 0.2) is 0 Å². The molecule has 1 heterocycles. The zero-order valence-electron chi connectivity index (χ0n) is 11.3. The normalized spacial score (nSPS) is 23.1. The maximum absolute atomic E-state index is 12.4. The van der Waals surface area contributed by atoms with Crippen molar-refractivity contribution < 1.29 is 9.59 Å². The van der Waals surface area contributed by atoms with Gasteiger partial charge in [0.2, 0.25) is 11.8 Å². The molecule has 2 fully saturated rings. The van der Waals surface area contributed by atoms with Crippen LogP contribution >= 0.6 is 0 Å². The first-order valence-electron chi connectivity index (χ1n) is 7.25. The number of hydrogen-bond donors (Lipinski definition) is 1. The lowest BCUT2D eigenvalue weighted by Crippen LogP contribution is -2.38. The minimum absolute atomic E-state index is 0.0541. The molecule has 2 aliphatic rings. The Morgan fingerprint density at radius 1 is 1.22 bits per heavy atom. The SMILES string of the molecule is CCNCCCN1C(=O)CC2(CCCCC2)C1=O. The average molecular weight is 252 g/mol. The topological polar surface area (TPSA) is 49.4 Å². The zero-order valence-corrected chi connectivity index (χ0v) is 11.3. The zero-order chi connectivity index (χ0) is 13.0. The van der Waals surface area contributed by atoms with Crippen molar-refractivity contribution >= 4 is 11.8 Å². The van der Waals surface area contributed by atoms with Crippen LogP contribution in [0, 0.1) is 5.41 Å². The molecular weight excluding hydrogens is 228 g/mol. The minimum atomic E-state index is -0.312. The Labute approximate surface area is 109 Å². The van der Waals surface area contributed by atoms with Gasteiger partial charge in [-0.3, -0.25) is 14.5 Å². The van der Waals surface area contributed by atoms with Gasteiger partial charge in [0.1, 0.15) is 0 Å². The highest BCUT2D eigenvalue weighted by Crippen LogP contribution is 2.45. The quantitative estimate of drug-likeness (QED) is 0.598. The standard InChI is InChI=1S/C14H24N2O2/c1-2-15-9-6-10-16-12(17)11-14(13(16)18)7-4-3-5-8-14/h15H,2-11H2,1H3. The fourth-order valence-corrected chi connectivity index (χ4v) is 3.24. The first kappa shape index (κ1) is 13.5. The third-order valence-electron chi connectivity index (χ3n) is 4.29. The summed E-state index contributed by atoms with van der Waals surface area (Å²) in [5, 5.41) is 3.22. The van der Waals surface area contributed by atoms with Crippen molar-refractivity contribution in [3.8, 4) is 0 Å². The molecule has 1 spiro atoms. The van der Waals surface area contributed by atoms with E-state index in [0.29, 0.717) is 13.0 Å². The van der Waals surface area contributed by atoms with Gasteiger partial charge in [-0.1, -0.05) is 26.2 Å². The molecule has 0 atom stereocenters. The summed E-state index contributed by atoms with van der Waals surface area (Å²) in [6, 6.07) is 0. The van der Waals surface area contributed by atoms with E-state index in [1.807, 2.05) is 0 Å². The van der Waals surface area contributed by atoms with E-state index in [1.54, 1.807) is 0 Å². The lowest BCUT2D eigenvalue weighted by Gasteiger charge is -2.30. The van der Waals surface area contributed by atoms with Gasteiger partial charge >= 0.3 is 0 Å². The highest BCUT2D eigenvalue weighted by atomic mass is 16.2. The highest BCUT2D eigenvalue weighted by Gasteiger charge is 2.50. The maximum Gasteiger partial charge on any atom is 0.235 e. The monoisotopic (exact) mass is 252 g/mol. The van der Waals surface area contributed by atoms with E-state index in [4.69, 9.17) is 0 Å². The maximum atomic E-state index is 12.4. The van der Waals surface area contributed by atoms with Gasteiger partial charge in [0.05, 0.1) is 5.41 Å². The van der Waals surface area contributed by atoms with Gasteiger partial charge in [0.25, 0.3) is 0 Å². The van der Waals surface area contributed by atoms with Gasteiger partial charge in [-0.25, -0.2) is 0 Å². The number of carbonyl (C=O) groups excluding carboxylic acids is 2. The molecule has 0 radical (unpaired) electrons. The molecule has 1 saturated carbocycles. The predicted molar refractivity (Wildman–Crippen MR) is 70.0 cm³/mol. The van der Waals surface area contributed by atoms with Gasteiger partial charge in [0.15, 0.2) is 0 Å². The summed E-state index contributed by atoms with van der Waals surface area (Å²) in [5.74, 6) is 0.169. The molecule has 18 heavy (non-hydrogen) atoms. The molecule has 1 aliphatic heterocycles. The Balaban J connectivity index is 1.92. The molecule has 0 aromatic rings. The van der Waals surface area contributed by atoms with Crippen LogP contribution in [0.2, 0.25) is 0 Å². The number of likely N-dealkylation sites (tertiary alicyclic amines) is 1. The summed E-state index contributed by atoms with van der Waals surface area (Å²) in [5.41, 5.74) is -0.312. The van der Waals surface area contributed by atoms with Crippen LogP contribution in [-0.4, -0.2) is 36.3 Å². The smallest absolute Gasteiger partial charge is 0.235 e. The number of carbonyl (C=O) groups is 2. The minimum Gasteiger partial charge on any atom is -0.317 e. The van der Waals surface area contributed by atoms with Gasteiger partial charge in [-0.15, -0.1) is 0 Å². The molecule has 2 amide bonds. The van der Waals surface area contributed by atoms with Gasteiger partial charge in [-0.05, 0) is 32.4 Å². The van der Waals surface area contributed by atoms with Gasteiger partial charge in [0, 0.05) is 13.0 Å². The molecule has 102 valence electrons. The third-order valence-corrected chi connectivity index (χ3v) is 4.29. The van der Waals surface area contributed by atoms with Crippen LogP contribution in [0.4, 0.5) is 0 Å². The molecule has 0 aromatic heterocycles. The van der Waals surface area contributed by atoms with E-state index in [0.717, 1.165) is 45.2 Å². The number of nitrogens with one attached hydrogen (secondary N) is 1. The summed E-state index contributed by atoms with van der Waals surface area (Å²) < 4.78 is 0. The molecule has 1 saturated heterocycles. The van der Waals surface area contributed by atoms with Crippen molar-refractivity contribution in [2.75, 3.05) is 19.6 Å². The van der Waals surface area contributed by atoms with Crippen LogP contribution in [0.25, 0.3) is 0 Å². The predicted octanol–water partition coefficient (Wildman–Crippen LogP) is 1.70. The van der Waals surface area contributed by atoms with Crippen molar-refractivity contribution in [3.05, 3.63) is 0 Å². The number of nitrogens with zero attached hydrogens (tertiary/aromatic N) is 1. The lowest BCUT2D eigenvalue weighted by atomic mass is 9.73. The van der Waals surface area contributed by atoms with E-state index >= 15 is 0 Å². The van der Waals surface area contributed by atoms with Crippen LogP contribution in [0.5, 0.6) is 0 Å². The molecule has 1 aliphatic carbocycles. The van der Waals surface area contributed by atoms with Crippen molar-refractivity contribution in [3.63, 3.8) is 0 Å². The molecule has 0 aromatic carbocycles. The largest absolute Gasteiger partial charge is 0.317 e. The summed E-state index contributed by atoms with van der Waals surface area (Å²) >= 11 is 0. The Hall–Kier alpha value is -0.900. The van der Waals surface area contributed by atoms with Crippen molar-refractivity contribution in [2.45, 2.75) is 51.9 Å². The summed E-state index contributed by atoms with van der Waals surface area (Å²) in [6.07, 6.45) is 6.58. The van der Waals surface area contributed by atoms with Crippen LogP contribution in [-0.2, 0) is 9.59 Å². The van der Waals surface area contributed by atoms with Crippen LogP contribution < -0.4 is 5.32 Å². The van der Waals surface area contributed by atoms with E-state index in [-0.39, 0.29) is 17.2 Å². The number of hydrogen-bond acceptors (Lipinski definition) is 3. The van der Waals surface area contributed by atoms with Crippen molar-refractivity contribution in [2.24, 2.45) is 5.41 Å². The fourth-order valence-electron chi connectivity index (χ4n) is 3.24. The van der Waals surface area contributed by atoms with E-state index in [9.17, 15) is 9.59 Å². The second-order valence-electron chi connectivity index (χ2n) is 5.58. The summed E-state index contributed by atoms with van der Waals surface area (Å²) in [7, 11) is 0. The first-order valence-corrected chi connectivity index (χ1v) is 7.25. The Morgan fingerprint density at radius 3 is 2.61 bits per heavy atom. The van der Waals surface area contributed by atoms with E-state index in [1.165, 1.54) is 11.3 Å². The Morgan fingerprint density at radius 2 is 1.94 bits per heavy atom. The third kappa shape index (κ3) is 2.58. The molecule has 2 rings (SSSR count). The van der Waals surface area contributed by atoms with Crippen molar-refractivity contribution in [1.29, 1.82) is 0 Å². The molecule has 0 bridgehead atoms. The van der Waals surface area contributed by atoms with Crippen molar-refractivity contribution in [1.82, 2.24) is 10.2 Å². The fraction of sp³-hybridized carbons (Fsp3) is 0.857. The summed E-state index contributed by atoms with van der Waals surface area (Å²) in [6.45, 7) is 4.46. The first-order chi connectivity index (χ1) is 8.69.